The van der Waals surface area contributed by atoms with Gasteiger partial charge in [0.05, 0.1) is 11.5 Å². The van der Waals surface area contributed by atoms with Crippen LogP contribution >= 0.6 is 0 Å². The van der Waals surface area contributed by atoms with E-state index in [-0.39, 0.29) is 17.2 Å². The lowest BCUT2D eigenvalue weighted by atomic mass is 10.00. The minimum absolute atomic E-state index is 0.145. The third-order valence-corrected chi connectivity index (χ3v) is 3.22. The molecule has 2 aromatic rings. The smallest absolute Gasteiger partial charge is 0.337 e. The van der Waals surface area contributed by atoms with Crippen LogP contribution < -0.4 is 10.5 Å². The van der Waals surface area contributed by atoms with Gasteiger partial charge in [-0.2, -0.15) is 0 Å². The molecule has 20 heavy (non-hydrogen) atoms. The number of aromatic nitrogens is 2. The topological polar surface area (TPSA) is 104 Å². The Bertz CT molecular complexity index is 687. The fourth-order valence-corrected chi connectivity index (χ4v) is 2.34. The number of rotatable bonds is 2. The van der Waals surface area contributed by atoms with Crippen molar-refractivity contribution in [1.29, 1.82) is 0 Å². The number of nitrogens with two attached hydrogens (primary N) is 1. The molecule has 0 saturated carbocycles. The Morgan fingerprint density at radius 1 is 1.35 bits per heavy atom. The summed E-state index contributed by atoms with van der Waals surface area (Å²) >= 11 is 0. The lowest BCUT2D eigenvalue weighted by molar-refractivity contribution is -0.383. The largest absolute Gasteiger partial charge is 0.493 e. The van der Waals surface area contributed by atoms with Gasteiger partial charge < -0.3 is 10.5 Å². The lowest BCUT2D eigenvalue weighted by Crippen LogP contribution is -2.10. The fraction of sp³-hybridized carbons (Fsp3) is 0.231. The van der Waals surface area contributed by atoms with E-state index < -0.39 is 4.92 Å². The number of aryl methyl sites for hydroxylation is 1. The molecule has 102 valence electrons. The van der Waals surface area contributed by atoms with E-state index in [0.29, 0.717) is 17.9 Å². The van der Waals surface area contributed by atoms with Gasteiger partial charge in [0.2, 0.25) is 5.82 Å². The van der Waals surface area contributed by atoms with Crippen LogP contribution in [0, 0.1) is 10.1 Å². The fourth-order valence-electron chi connectivity index (χ4n) is 2.34. The molecule has 2 heterocycles. The number of para-hydroxylation sites is 1. The van der Waals surface area contributed by atoms with Gasteiger partial charge in [0.1, 0.15) is 12.1 Å². The van der Waals surface area contributed by atoms with Gasteiger partial charge in [-0.15, -0.1) is 0 Å². The number of nitrogen functional groups attached to an aromatic ring is 1. The van der Waals surface area contributed by atoms with E-state index in [1.54, 1.807) is 6.07 Å². The maximum absolute atomic E-state index is 11.2. The number of nitrogens with zero attached hydrogens (tertiary/aromatic N) is 3. The van der Waals surface area contributed by atoms with Gasteiger partial charge in [-0.05, 0) is 24.5 Å². The summed E-state index contributed by atoms with van der Waals surface area (Å²) in [6, 6.07) is 5.54. The van der Waals surface area contributed by atoms with Crippen molar-refractivity contribution in [3.8, 4) is 17.0 Å². The van der Waals surface area contributed by atoms with E-state index in [4.69, 9.17) is 10.5 Å². The molecule has 1 aliphatic rings. The van der Waals surface area contributed by atoms with E-state index in [9.17, 15) is 10.1 Å². The highest BCUT2D eigenvalue weighted by Crippen LogP contribution is 2.40. The quantitative estimate of drug-likeness (QED) is 0.662. The average molecular weight is 272 g/mol. The number of fused-ring (bicyclic) bond motifs is 1. The van der Waals surface area contributed by atoms with Gasteiger partial charge in [-0.25, -0.2) is 9.97 Å². The molecule has 1 aromatic carbocycles. The van der Waals surface area contributed by atoms with E-state index in [1.165, 1.54) is 6.33 Å². The standard InChI is InChI=1S/C13H12N4O3/c14-13-11(17(18)19)10(15-7-16-13)9-5-1-3-8-4-2-6-20-12(8)9/h1,3,5,7H,2,4,6H2,(H2,14,15,16). The molecule has 3 rings (SSSR count). The zero-order valence-electron chi connectivity index (χ0n) is 10.6. The SMILES string of the molecule is Nc1ncnc(-c2cccc3c2OCCC3)c1[N+](=O)[O-]. The molecule has 1 aromatic heterocycles. The molecule has 0 fully saturated rings. The highest BCUT2D eigenvalue weighted by molar-refractivity contribution is 5.80. The van der Waals surface area contributed by atoms with Crippen LogP contribution in [0.15, 0.2) is 24.5 Å². The summed E-state index contributed by atoms with van der Waals surface area (Å²) in [5.74, 6) is 0.508. The van der Waals surface area contributed by atoms with Crippen LogP contribution in [0.5, 0.6) is 5.75 Å². The first-order valence-electron chi connectivity index (χ1n) is 6.18. The van der Waals surface area contributed by atoms with Crippen molar-refractivity contribution in [3.63, 3.8) is 0 Å². The van der Waals surface area contributed by atoms with Crippen molar-refractivity contribution >= 4 is 11.5 Å². The van der Waals surface area contributed by atoms with Crippen molar-refractivity contribution in [2.24, 2.45) is 0 Å². The Kier molecular flexibility index (Phi) is 2.94. The Labute approximate surface area is 114 Å². The average Bonchev–Trinajstić information content (AvgIpc) is 2.46. The predicted octanol–water partition coefficient (Wildman–Crippen LogP) is 1.96. The summed E-state index contributed by atoms with van der Waals surface area (Å²) in [5.41, 5.74) is 7.13. The van der Waals surface area contributed by atoms with Gasteiger partial charge in [0.15, 0.2) is 5.69 Å². The van der Waals surface area contributed by atoms with Gasteiger partial charge in [-0.3, -0.25) is 10.1 Å². The molecule has 0 bridgehead atoms. The summed E-state index contributed by atoms with van der Waals surface area (Å²) < 4.78 is 5.66. The Morgan fingerprint density at radius 3 is 3.00 bits per heavy atom. The summed E-state index contributed by atoms with van der Waals surface area (Å²) in [4.78, 5) is 18.3. The highest BCUT2D eigenvalue weighted by Gasteiger charge is 2.26. The second kappa shape index (κ2) is 4.76. The number of nitro groups is 1. The molecule has 0 unspecified atom stereocenters. The molecule has 7 heteroatoms. The highest BCUT2D eigenvalue weighted by atomic mass is 16.6. The molecule has 7 nitrogen and oxygen atoms in total. The molecule has 0 saturated heterocycles. The Hall–Kier alpha value is -2.70. The minimum Gasteiger partial charge on any atom is -0.493 e. The molecular formula is C13H12N4O3. The van der Waals surface area contributed by atoms with Crippen LogP contribution in [0.4, 0.5) is 11.5 Å². The molecule has 2 N–H and O–H groups in total. The third-order valence-electron chi connectivity index (χ3n) is 3.22. The van der Waals surface area contributed by atoms with Crippen LogP contribution in [0.3, 0.4) is 0 Å². The van der Waals surface area contributed by atoms with Crippen LogP contribution in [0.1, 0.15) is 12.0 Å². The molecule has 1 aliphatic heterocycles. The number of ether oxygens (including phenoxy) is 1. The molecule has 0 amide bonds. The minimum atomic E-state index is -0.563. The van der Waals surface area contributed by atoms with Gasteiger partial charge in [-0.1, -0.05) is 12.1 Å². The maximum Gasteiger partial charge on any atom is 0.337 e. The predicted molar refractivity (Wildman–Crippen MR) is 72.4 cm³/mol. The first-order chi connectivity index (χ1) is 9.68. The van der Waals surface area contributed by atoms with Crippen molar-refractivity contribution in [2.75, 3.05) is 12.3 Å². The zero-order chi connectivity index (χ0) is 14.1. The Morgan fingerprint density at radius 2 is 2.20 bits per heavy atom. The first-order valence-corrected chi connectivity index (χ1v) is 6.18. The molecule has 0 radical (unpaired) electrons. The number of anilines is 1. The molecule has 0 atom stereocenters. The second-order valence-corrected chi connectivity index (χ2v) is 4.46. The van der Waals surface area contributed by atoms with Gasteiger partial charge in [0, 0.05) is 5.56 Å². The summed E-state index contributed by atoms with van der Waals surface area (Å²) in [5, 5.41) is 11.2. The van der Waals surface area contributed by atoms with Crippen molar-refractivity contribution in [1.82, 2.24) is 9.97 Å². The van der Waals surface area contributed by atoms with E-state index in [0.717, 1.165) is 18.4 Å². The van der Waals surface area contributed by atoms with Crippen molar-refractivity contribution < 1.29 is 9.66 Å². The molecular weight excluding hydrogens is 260 g/mol. The van der Waals surface area contributed by atoms with Crippen molar-refractivity contribution in [2.45, 2.75) is 12.8 Å². The zero-order valence-corrected chi connectivity index (χ0v) is 10.6. The number of hydrogen-bond acceptors (Lipinski definition) is 6. The van der Waals surface area contributed by atoms with E-state index in [2.05, 4.69) is 9.97 Å². The molecule has 0 aliphatic carbocycles. The Balaban J connectivity index is 2.24. The first kappa shape index (κ1) is 12.3. The molecule has 0 spiro atoms. The normalized spacial score (nSPS) is 13.4. The van der Waals surface area contributed by atoms with Crippen molar-refractivity contribution in [3.05, 3.63) is 40.2 Å². The van der Waals surface area contributed by atoms with Gasteiger partial charge >= 0.3 is 5.69 Å². The number of benzene rings is 1. The van der Waals surface area contributed by atoms with Crippen LogP contribution in [0.25, 0.3) is 11.3 Å². The number of hydrogen-bond donors (Lipinski definition) is 1. The van der Waals surface area contributed by atoms with Crippen LogP contribution in [0.2, 0.25) is 0 Å². The monoisotopic (exact) mass is 272 g/mol. The maximum atomic E-state index is 11.2. The third kappa shape index (κ3) is 1.93. The summed E-state index contributed by atoms with van der Waals surface area (Å²) in [6.07, 6.45) is 3.04. The van der Waals surface area contributed by atoms with Crippen LogP contribution in [-0.2, 0) is 6.42 Å². The van der Waals surface area contributed by atoms with E-state index >= 15 is 0 Å². The lowest BCUT2D eigenvalue weighted by Gasteiger charge is -2.19. The second-order valence-electron chi connectivity index (χ2n) is 4.46. The van der Waals surface area contributed by atoms with E-state index in [1.807, 2.05) is 12.1 Å². The van der Waals surface area contributed by atoms with Crippen LogP contribution in [-0.4, -0.2) is 21.5 Å². The van der Waals surface area contributed by atoms with Gasteiger partial charge in [0.25, 0.3) is 0 Å². The summed E-state index contributed by atoms with van der Waals surface area (Å²) in [7, 11) is 0. The summed E-state index contributed by atoms with van der Waals surface area (Å²) in [6.45, 7) is 0.596.